The van der Waals surface area contributed by atoms with Gasteiger partial charge in [-0.15, -0.1) is 0 Å². The van der Waals surface area contributed by atoms with Crippen LogP contribution in [-0.4, -0.2) is 37.0 Å². The van der Waals surface area contributed by atoms with Gasteiger partial charge in [0.2, 0.25) is 0 Å². The average molecular weight is 440 g/mol. The Labute approximate surface area is 187 Å². The molecule has 8 nitrogen and oxygen atoms in total. The van der Waals surface area contributed by atoms with Crippen LogP contribution in [-0.2, 0) is 9.47 Å². The van der Waals surface area contributed by atoms with Crippen molar-refractivity contribution in [3.8, 4) is 0 Å². The summed E-state index contributed by atoms with van der Waals surface area (Å²) in [5, 5.41) is 0. The number of unbranched alkanes of at least 4 members (excludes halogenated alkanes) is 2. The van der Waals surface area contributed by atoms with Crippen LogP contribution in [0.4, 0.5) is 0 Å². The van der Waals surface area contributed by atoms with Crippen LogP contribution in [0, 0.1) is 0 Å². The Hall–Kier alpha value is -3.68. The van der Waals surface area contributed by atoms with Gasteiger partial charge in [0.25, 0.3) is 11.8 Å². The molecule has 0 aliphatic carbocycles. The van der Waals surface area contributed by atoms with Gasteiger partial charge in [0.05, 0.1) is 24.3 Å². The standard InChI is InChI=1S/C24H28N2O6/c1-3-5-15-31-23(29)19-11-7-17(8-12-19)21(27)25-26-22(28)18-9-13-20(14-10-18)24(30)32-16-6-4-2/h7-14H,3-6,15-16H2,1-2H3,(H,25,27)(H,26,28). The highest BCUT2D eigenvalue weighted by Gasteiger charge is 2.13. The molecule has 0 saturated heterocycles. The molecule has 0 unspecified atom stereocenters. The molecule has 0 bridgehead atoms. The molecule has 0 atom stereocenters. The van der Waals surface area contributed by atoms with Crippen molar-refractivity contribution in [3.05, 3.63) is 70.8 Å². The van der Waals surface area contributed by atoms with Crippen molar-refractivity contribution < 1.29 is 28.7 Å². The van der Waals surface area contributed by atoms with Crippen LogP contribution in [0.3, 0.4) is 0 Å². The van der Waals surface area contributed by atoms with Gasteiger partial charge in [-0.05, 0) is 61.4 Å². The average Bonchev–Trinajstić information content (AvgIpc) is 2.82. The fourth-order valence-electron chi connectivity index (χ4n) is 2.56. The summed E-state index contributed by atoms with van der Waals surface area (Å²) >= 11 is 0. The fraction of sp³-hybridized carbons (Fsp3) is 0.333. The maximum absolute atomic E-state index is 12.2. The largest absolute Gasteiger partial charge is 0.462 e. The van der Waals surface area contributed by atoms with E-state index in [4.69, 9.17) is 9.47 Å². The van der Waals surface area contributed by atoms with Crippen LogP contribution < -0.4 is 10.9 Å². The normalized spacial score (nSPS) is 10.2. The third kappa shape index (κ3) is 7.54. The molecule has 0 aromatic heterocycles. The van der Waals surface area contributed by atoms with Gasteiger partial charge < -0.3 is 9.47 Å². The summed E-state index contributed by atoms with van der Waals surface area (Å²) in [5.41, 5.74) is 5.84. The first-order valence-electron chi connectivity index (χ1n) is 10.6. The van der Waals surface area contributed by atoms with Crippen LogP contribution in [0.25, 0.3) is 0 Å². The van der Waals surface area contributed by atoms with E-state index in [1.54, 1.807) is 0 Å². The number of rotatable bonds is 10. The van der Waals surface area contributed by atoms with Crippen molar-refractivity contribution in [1.82, 2.24) is 10.9 Å². The van der Waals surface area contributed by atoms with Crippen molar-refractivity contribution in [2.24, 2.45) is 0 Å². The monoisotopic (exact) mass is 440 g/mol. The highest BCUT2D eigenvalue weighted by Crippen LogP contribution is 2.08. The Kier molecular flexibility index (Phi) is 9.90. The summed E-state index contributed by atoms with van der Waals surface area (Å²) in [4.78, 5) is 48.3. The predicted octanol–water partition coefficient (Wildman–Crippen LogP) is 3.68. The molecular formula is C24H28N2O6. The molecular weight excluding hydrogens is 412 g/mol. The number of amides is 2. The van der Waals surface area contributed by atoms with Gasteiger partial charge in [0.1, 0.15) is 0 Å². The van der Waals surface area contributed by atoms with Crippen LogP contribution in [0.2, 0.25) is 0 Å². The first kappa shape index (κ1) is 24.6. The molecule has 0 saturated carbocycles. The number of carbonyl (C=O) groups excluding carboxylic acids is 4. The number of hydrazine groups is 1. The summed E-state index contributed by atoms with van der Waals surface area (Å²) in [6, 6.07) is 11.8. The molecule has 0 fully saturated rings. The van der Waals surface area contributed by atoms with Gasteiger partial charge in [0.15, 0.2) is 0 Å². The van der Waals surface area contributed by atoms with Gasteiger partial charge in [-0.25, -0.2) is 9.59 Å². The Bertz CT molecular complexity index is 845. The number of hydrogen-bond acceptors (Lipinski definition) is 6. The lowest BCUT2D eigenvalue weighted by atomic mass is 10.1. The minimum atomic E-state index is -0.541. The molecule has 0 aliphatic heterocycles. The second-order valence-electron chi connectivity index (χ2n) is 7.04. The smallest absolute Gasteiger partial charge is 0.338 e. The zero-order valence-electron chi connectivity index (χ0n) is 18.3. The molecule has 2 rings (SSSR count). The number of benzene rings is 2. The molecule has 2 aromatic carbocycles. The van der Waals surface area contributed by atoms with Crippen LogP contribution in [0.1, 0.15) is 81.0 Å². The molecule has 0 spiro atoms. The third-order valence-corrected chi connectivity index (χ3v) is 4.52. The van der Waals surface area contributed by atoms with E-state index in [0.29, 0.717) is 24.3 Å². The highest BCUT2D eigenvalue weighted by molar-refractivity contribution is 6.00. The van der Waals surface area contributed by atoms with Crippen LogP contribution >= 0.6 is 0 Å². The van der Waals surface area contributed by atoms with E-state index >= 15 is 0 Å². The van der Waals surface area contributed by atoms with Crippen LogP contribution in [0.15, 0.2) is 48.5 Å². The minimum Gasteiger partial charge on any atom is -0.462 e. The zero-order valence-corrected chi connectivity index (χ0v) is 18.3. The Morgan fingerprint density at radius 1 is 0.594 bits per heavy atom. The van der Waals surface area contributed by atoms with E-state index in [-0.39, 0.29) is 11.1 Å². The van der Waals surface area contributed by atoms with Crippen molar-refractivity contribution in [2.75, 3.05) is 13.2 Å². The minimum absolute atomic E-state index is 0.264. The highest BCUT2D eigenvalue weighted by atomic mass is 16.5. The second-order valence-corrected chi connectivity index (χ2v) is 7.04. The first-order chi connectivity index (χ1) is 15.5. The summed E-state index contributed by atoms with van der Waals surface area (Å²) in [7, 11) is 0. The molecule has 0 aliphatic rings. The van der Waals surface area contributed by atoms with Crippen molar-refractivity contribution >= 4 is 23.8 Å². The van der Waals surface area contributed by atoms with E-state index in [9.17, 15) is 19.2 Å². The lowest BCUT2D eigenvalue weighted by molar-refractivity contribution is 0.0490. The van der Waals surface area contributed by atoms with Crippen LogP contribution in [0.5, 0.6) is 0 Å². The number of nitrogens with one attached hydrogen (secondary N) is 2. The van der Waals surface area contributed by atoms with Gasteiger partial charge in [-0.2, -0.15) is 0 Å². The lowest BCUT2D eigenvalue weighted by Crippen LogP contribution is -2.41. The molecule has 8 heteroatoms. The van der Waals surface area contributed by atoms with Gasteiger partial charge in [-0.3, -0.25) is 20.4 Å². The Balaban J connectivity index is 1.85. The quantitative estimate of drug-likeness (QED) is 0.331. The summed E-state index contributed by atoms with van der Waals surface area (Å²) in [6.45, 7) is 4.70. The van der Waals surface area contributed by atoms with E-state index in [1.807, 2.05) is 13.8 Å². The van der Waals surface area contributed by atoms with Gasteiger partial charge in [0, 0.05) is 11.1 Å². The number of ether oxygens (including phenoxy) is 2. The number of esters is 2. The lowest BCUT2D eigenvalue weighted by Gasteiger charge is -2.09. The van der Waals surface area contributed by atoms with Crippen molar-refractivity contribution in [3.63, 3.8) is 0 Å². The van der Waals surface area contributed by atoms with E-state index in [0.717, 1.165) is 25.7 Å². The summed E-state index contributed by atoms with van der Waals surface area (Å²) in [6.07, 6.45) is 3.43. The molecule has 2 aromatic rings. The third-order valence-electron chi connectivity index (χ3n) is 4.52. The van der Waals surface area contributed by atoms with E-state index in [1.165, 1.54) is 48.5 Å². The molecule has 32 heavy (non-hydrogen) atoms. The maximum atomic E-state index is 12.2. The molecule has 2 N–H and O–H groups in total. The molecule has 2 amide bonds. The van der Waals surface area contributed by atoms with E-state index < -0.39 is 23.8 Å². The van der Waals surface area contributed by atoms with E-state index in [2.05, 4.69) is 10.9 Å². The van der Waals surface area contributed by atoms with Crippen molar-refractivity contribution in [2.45, 2.75) is 39.5 Å². The van der Waals surface area contributed by atoms with Gasteiger partial charge in [-0.1, -0.05) is 26.7 Å². The Morgan fingerprint density at radius 2 is 0.906 bits per heavy atom. The SMILES string of the molecule is CCCCOC(=O)c1ccc(C(=O)NNC(=O)c2ccc(C(=O)OCCCC)cc2)cc1. The topological polar surface area (TPSA) is 111 Å². The second kappa shape index (κ2) is 12.9. The molecule has 0 radical (unpaired) electrons. The number of hydrogen-bond donors (Lipinski definition) is 2. The van der Waals surface area contributed by atoms with Gasteiger partial charge >= 0.3 is 11.9 Å². The first-order valence-corrected chi connectivity index (χ1v) is 10.6. The number of carbonyl (C=O) groups is 4. The molecule has 0 heterocycles. The maximum Gasteiger partial charge on any atom is 0.338 e. The summed E-state index contributed by atoms with van der Waals surface area (Å²) in [5.74, 6) is -1.98. The zero-order chi connectivity index (χ0) is 23.3. The molecule has 170 valence electrons. The fourth-order valence-corrected chi connectivity index (χ4v) is 2.56. The predicted molar refractivity (Wildman–Crippen MR) is 118 cm³/mol. The van der Waals surface area contributed by atoms with Crippen molar-refractivity contribution in [1.29, 1.82) is 0 Å². The summed E-state index contributed by atoms with van der Waals surface area (Å²) < 4.78 is 10.2. The Morgan fingerprint density at radius 3 is 1.22 bits per heavy atom.